The Kier molecular flexibility index (Phi) is 9.61. The first-order chi connectivity index (χ1) is 17.2. The molecule has 0 aliphatic heterocycles. The number of carbonyl (C=O) groups is 1. The number of rotatable bonds is 13. The van der Waals surface area contributed by atoms with E-state index in [9.17, 15) is 15.0 Å². The lowest BCUT2D eigenvalue weighted by molar-refractivity contribution is -0.127. The third kappa shape index (κ3) is 6.70. The van der Waals surface area contributed by atoms with Gasteiger partial charge in [0.2, 0.25) is 11.7 Å². The van der Waals surface area contributed by atoms with Crippen molar-refractivity contribution in [3.05, 3.63) is 39.8 Å². The van der Waals surface area contributed by atoms with Gasteiger partial charge < -0.3 is 25.2 Å². The van der Waals surface area contributed by atoms with E-state index in [1.165, 1.54) is 10.4 Å². The lowest BCUT2D eigenvalue weighted by atomic mass is 10.0. The average molecular weight is 517 g/mol. The van der Waals surface area contributed by atoms with Crippen LogP contribution in [0.2, 0.25) is 0 Å². The molecule has 0 aliphatic carbocycles. The maximum atomic E-state index is 11.0. The van der Waals surface area contributed by atoms with Gasteiger partial charge in [-0.25, -0.2) is 0 Å². The summed E-state index contributed by atoms with van der Waals surface area (Å²) >= 11 is 1.68. The van der Waals surface area contributed by atoms with Crippen LogP contribution in [0.4, 0.5) is 0 Å². The number of thiophene rings is 1. The molecule has 0 radical (unpaired) electrons. The summed E-state index contributed by atoms with van der Waals surface area (Å²) < 4.78 is 11.5. The molecule has 0 aliphatic rings. The molecule has 196 valence electrons. The Hall–Kier alpha value is -2.79. The van der Waals surface area contributed by atoms with Crippen molar-refractivity contribution in [1.82, 2.24) is 15.0 Å². The summed E-state index contributed by atoms with van der Waals surface area (Å²) in [6.45, 7) is 13.2. The van der Waals surface area contributed by atoms with Gasteiger partial charge in [0.15, 0.2) is 0 Å². The third-order valence-electron chi connectivity index (χ3n) is 6.15. The van der Waals surface area contributed by atoms with E-state index in [4.69, 9.17) is 15.0 Å². The number of aromatic nitrogens is 2. The number of ether oxygens (including phenoxy) is 1. The molecule has 36 heavy (non-hydrogen) atoms. The molecule has 1 aromatic carbocycles. The second-order valence-corrected chi connectivity index (χ2v) is 9.99. The third-order valence-corrected chi connectivity index (χ3v) is 7.36. The van der Waals surface area contributed by atoms with E-state index in [1.807, 2.05) is 26.0 Å². The number of carbonyl (C=O) groups excluding carboxylic acids is 1. The second-order valence-electron chi connectivity index (χ2n) is 8.86. The number of benzene rings is 1. The highest BCUT2D eigenvalue weighted by molar-refractivity contribution is 7.15. The lowest BCUT2D eigenvalue weighted by Crippen LogP contribution is -2.33. The number of aliphatic hydroxyl groups excluding tert-OH is 2. The van der Waals surface area contributed by atoms with Crippen molar-refractivity contribution in [3.8, 4) is 27.9 Å². The van der Waals surface area contributed by atoms with Gasteiger partial charge in [-0.05, 0) is 68.2 Å². The van der Waals surface area contributed by atoms with E-state index >= 15 is 0 Å². The molecule has 2 heterocycles. The zero-order valence-electron chi connectivity index (χ0n) is 21.6. The Morgan fingerprint density at radius 3 is 2.53 bits per heavy atom. The highest BCUT2D eigenvalue weighted by Gasteiger charge is 2.20. The van der Waals surface area contributed by atoms with Crippen molar-refractivity contribution in [2.75, 3.05) is 19.7 Å². The number of primary amides is 1. The van der Waals surface area contributed by atoms with E-state index in [-0.39, 0.29) is 13.0 Å². The number of nitrogens with two attached hydrogens (primary N) is 1. The van der Waals surface area contributed by atoms with Crippen LogP contribution in [0.3, 0.4) is 0 Å². The number of aliphatic hydroxyl groups is 2. The van der Waals surface area contributed by atoms with E-state index in [1.54, 1.807) is 11.3 Å². The van der Waals surface area contributed by atoms with Gasteiger partial charge in [-0.3, -0.25) is 9.69 Å². The molecule has 0 fully saturated rings. The summed E-state index contributed by atoms with van der Waals surface area (Å²) in [6, 6.07) is 5.97. The predicted molar refractivity (Wildman–Crippen MR) is 140 cm³/mol. The first-order valence-electron chi connectivity index (χ1n) is 12.2. The van der Waals surface area contributed by atoms with Gasteiger partial charge in [0.25, 0.3) is 5.89 Å². The molecule has 0 bridgehead atoms. The lowest BCUT2D eigenvalue weighted by Gasteiger charge is -2.18. The summed E-state index contributed by atoms with van der Waals surface area (Å²) in [5, 5.41) is 23.9. The Bertz CT molecular complexity index is 1170. The van der Waals surface area contributed by atoms with Gasteiger partial charge in [-0.2, -0.15) is 4.98 Å². The molecule has 10 heteroatoms. The summed E-state index contributed by atoms with van der Waals surface area (Å²) in [6.07, 6.45) is -1.94. The smallest absolute Gasteiger partial charge is 0.268 e. The number of aryl methyl sites for hydroxylation is 3. The van der Waals surface area contributed by atoms with Crippen LogP contribution >= 0.6 is 11.3 Å². The van der Waals surface area contributed by atoms with Gasteiger partial charge in [-0.1, -0.05) is 25.9 Å². The van der Waals surface area contributed by atoms with E-state index in [0.717, 1.165) is 41.2 Å². The second kappa shape index (κ2) is 12.4. The molecular formula is C26H36N4O5S. The van der Waals surface area contributed by atoms with Crippen molar-refractivity contribution >= 4 is 17.2 Å². The maximum Gasteiger partial charge on any atom is 0.268 e. The van der Waals surface area contributed by atoms with Crippen LogP contribution in [0.1, 0.15) is 48.8 Å². The minimum Gasteiger partial charge on any atom is -0.490 e. The molecule has 0 saturated heterocycles. The van der Waals surface area contributed by atoms with Crippen LogP contribution in [-0.4, -0.2) is 63.1 Å². The van der Waals surface area contributed by atoms with Crippen LogP contribution in [-0.2, 0) is 17.8 Å². The van der Waals surface area contributed by atoms with Crippen molar-refractivity contribution < 1.29 is 24.3 Å². The van der Waals surface area contributed by atoms with Crippen LogP contribution in [0.15, 0.2) is 22.7 Å². The molecule has 9 nitrogen and oxygen atoms in total. The topological polar surface area (TPSA) is 135 Å². The van der Waals surface area contributed by atoms with Crippen molar-refractivity contribution in [3.63, 3.8) is 0 Å². The number of hydrogen-bond acceptors (Lipinski definition) is 9. The van der Waals surface area contributed by atoms with Gasteiger partial charge in [-0.15, -0.1) is 11.3 Å². The highest BCUT2D eigenvalue weighted by atomic mass is 32.1. The molecule has 2 atom stereocenters. The van der Waals surface area contributed by atoms with Crippen molar-refractivity contribution in [1.29, 1.82) is 0 Å². The van der Waals surface area contributed by atoms with E-state index in [0.29, 0.717) is 23.9 Å². The normalized spacial score (nSPS) is 13.2. The highest BCUT2D eigenvalue weighted by Crippen LogP contribution is 2.34. The number of nitrogens with zero attached hydrogens (tertiary/aromatic N) is 3. The maximum absolute atomic E-state index is 11.0. The SMILES string of the molecule is CCc1cc(-c2noc(-c3cc(C)c(CN(CC)CC)s3)n2)cc(C)c1OC[C@@H](O)CC(O)C(N)=O. The van der Waals surface area contributed by atoms with E-state index in [2.05, 4.69) is 41.9 Å². The minimum absolute atomic E-state index is 0.0720. The first-order valence-corrected chi connectivity index (χ1v) is 13.1. The first kappa shape index (κ1) is 27.8. The van der Waals surface area contributed by atoms with Gasteiger partial charge in [0, 0.05) is 23.4 Å². The Balaban J connectivity index is 1.77. The average Bonchev–Trinajstić information content (AvgIpc) is 3.48. The quantitative estimate of drug-likeness (QED) is 0.314. The molecule has 1 amide bonds. The monoisotopic (exact) mass is 516 g/mol. The molecule has 3 aromatic rings. The summed E-state index contributed by atoms with van der Waals surface area (Å²) in [5.41, 5.74) is 8.86. The van der Waals surface area contributed by atoms with Crippen LogP contribution in [0, 0.1) is 13.8 Å². The minimum atomic E-state index is -1.41. The predicted octanol–water partition coefficient (Wildman–Crippen LogP) is 3.46. The van der Waals surface area contributed by atoms with Crippen LogP contribution < -0.4 is 10.5 Å². The van der Waals surface area contributed by atoms with Gasteiger partial charge in [0.05, 0.1) is 11.0 Å². The molecule has 2 aromatic heterocycles. The van der Waals surface area contributed by atoms with Crippen molar-refractivity contribution in [2.45, 2.75) is 66.2 Å². The molecule has 0 spiro atoms. The number of amides is 1. The zero-order valence-corrected chi connectivity index (χ0v) is 22.4. The fourth-order valence-electron chi connectivity index (χ4n) is 3.94. The van der Waals surface area contributed by atoms with E-state index < -0.39 is 18.1 Å². The standard InChI is InChI=1S/C26H36N4O5S/c1-6-17-11-18(9-16(5)23(17)34-14-19(31)12-20(32)24(27)33)25-28-26(35-29-25)21-10-15(4)22(36-21)13-30(7-2)8-3/h9-11,19-20,31-32H,6-8,12-14H2,1-5H3,(H2,27,33)/t19-,20?/m0/s1. The Morgan fingerprint density at radius 2 is 1.89 bits per heavy atom. The molecule has 4 N–H and O–H groups in total. The summed E-state index contributed by atoms with van der Waals surface area (Å²) in [5.74, 6) is 0.764. The number of hydrogen-bond donors (Lipinski definition) is 3. The Labute approximate surface area is 215 Å². The van der Waals surface area contributed by atoms with Crippen LogP contribution in [0.5, 0.6) is 5.75 Å². The molecule has 3 rings (SSSR count). The molecule has 1 unspecified atom stereocenters. The fraction of sp³-hybridized carbons (Fsp3) is 0.500. The van der Waals surface area contributed by atoms with Gasteiger partial charge >= 0.3 is 0 Å². The summed E-state index contributed by atoms with van der Waals surface area (Å²) in [7, 11) is 0. The Morgan fingerprint density at radius 1 is 1.17 bits per heavy atom. The van der Waals surface area contributed by atoms with Crippen molar-refractivity contribution in [2.24, 2.45) is 5.73 Å². The molecular weight excluding hydrogens is 480 g/mol. The molecule has 0 saturated carbocycles. The fourth-order valence-corrected chi connectivity index (χ4v) is 5.08. The summed E-state index contributed by atoms with van der Waals surface area (Å²) in [4.78, 5) is 20.3. The zero-order chi connectivity index (χ0) is 26.4. The van der Waals surface area contributed by atoms with Gasteiger partial charge in [0.1, 0.15) is 18.5 Å². The van der Waals surface area contributed by atoms with Crippen LogP contribution in [0.25, 0.3) is 22.2 Å². The largest absolute Gasteiger partial charge is 0.490 e.